The molecule has 7 fully saturated rings. The van der Waals surface area contributed by atoms with Crippen molar-refractivity contribution in [3.05, 3.63) is 11.6 Å². The molecule has 0 bridgehead atoms. The molecule has 3 aliphatic heterocycles. The summed E-state index contributed by atoms with van der Waals surface area (Å²) in [4.78, 5) is 14.9. The Labute approximate surface area is 385 Å². The first-order chi connectivity index (χ1) is 30.8. The highest BCUT2D eigenvalue weighted by molar-refractivity contribution is 5.79. The lowest BCUT2D eigenvalue weighted by atomic mass is 9.33. The van der Waals surface area contributed by atoms with E-state index in [1.165, 1.54) is 6.92 Å². The minimum absolute atomic E-state index is 0.0877. The molecule has 0 radical (unpaired) electrons. The van der Waals surface area contributed by atoms with Gasteiger partial charge < -0.3 is 89.7 Å². The van der Waals surface area contributed by atoms with E-state index in [0.717, 1.165) is 31.3 Å². The second kappa shape index (κ2) is 18.0. The average Bonchev–Trinajstić information content (AvgIpc) is 3.27. The molecule has 0 spiro atoms. The lowest BCUT2D eigenvalue weighted by Crippen LogP contribution is -2.66. The molecule has 0 aromatic heterocycles. The molecule has 4 saturated carbocycles. The van der Waals surface area contributed by atoms with Crippen LogP contribution in [0.3, 0.4) is 0 Å². The molecular weight excluding hydrogens is 868 g/mol. The molecule has 0 aromatic carbocycles. The predicted octanol–water partition coefficient (Wildman–Crippen LogP) is -1.13. The fourth-order valence-corrected chi connectivity index (χ4v) is 14.7. The van der Waals surface area contributed by atoms with Gasteiger partial charge in [0, 0.05) is 5.41 Å². The van der Waals surface area contributed by atoms with Crippen molar-refractivity contribution >= 4 is 5.97 Å². The SMILES string of the molecule is C[C@@H]1O[C@@H](O[C@H]2[C@H](O)[C@@H](O)[C@H](OC[C@H]3O[C@@H](OC(=O)[C@]45CC[C@@](C)(O)C[C@H]4C4=CC[C@@H]6[C@@]7(C)CC[C@@H](O)[C@@](C)(CO)[C@@H]7CC[C@@]6(C)[C@]4(C)CC5)[C@H](O)[C@@H](O)[C@@H]3O)O[C@@H]2CO)[C@H](O)[C@H](O)[C@H]1O. The van der Waals surface area contributed by atoms with Gasteiger partial charge in [0.15, 0.2) is 12.6 Å². The van der Waals surface area contributed by atoms with Crippen LogP contribution in [0.15, 0.2) is 11.6 Å². The van der Waals surface area contributed by atoms with Crippen molar-refractivity contribution in [1.29, 1.82) is 0 Å². The summed E-state index contributed by atoms with van der Waals surface area (Å²) < 4.78 is 34.5. The minimum Gasteiger partial charge on any atom is -0.432 e. The summed E-state index contributed by atoms with van der Waals surface area (Å²) in [5, 5.41) is 130. The molecular formula is C47H76O19. The number of rotatable bonds is 9. The van der Waals surface area contributed by atoms with E-state index in [4.69, 9.17) is 28.4 Å². The zero-order chi connectivity index (χ0) is 48.3. The van der Waals surface area contributed by atoms with Crippen molar-refractivity contribution in [2.45, 2.75) is 210 Å². The minimum atomic E-state index is -1.88. The van der Waals surface area contributed by atoms with E-state index in [9.17, 15) is 66.1 Å². The number of esters is 1. The Morgan fingerprint density at radius 2 is 1.33 bits per heavy atom. The van der Waals surface area contributed by atoms with Crippen molar-refractivity contribution in [2.75, 3.05) is 19.8 Å². The lowest BCUT2D eigenvalue weighted by molar-refractivity contribution is -0.361. The van der Waals surface area contributed by atoms with Crippen LogP contribution in [0, 0.1) is 44.8 Å². The Morgan fingerprint density at radius 3 is 2.02 bits per heavy atom. The highest BCUT2D eigenvalue weighted by Crippen LogP contribution is 2.75. The summed E-state index contributed by atoms with van der Waals surface area (Å²) in [5.41, 5.74) is -2.43. The molecule has 378 valence electrons. The van der Waals surface area contributed by atoms with Crippen molar-refractivity contribution < 1.29 is 94.5 Å². The summed E-state index contributed by atoms with van der Waals surface area (Å²) in [6.45, 7) is 10.7. The highest BCUT2D eigenvalue weighted by atomic mass is 16.8. The first-order valence-corrected chi connectivity index (χ1v) is 24.1. The predicted molar refractivity (Wildman–Crippen MR) is 227 cm³/mol. The summed E-state index contributed by atoms with van der Waals surface area (Å²) in [7, 11) is 0. The molecule has 66 heavy (non-hydrogen) atoms. The normalized spacial score (nSPS) is 56.2. The Morgan fingerprint density at radius 1 is 0.697 bits per heavy atom. The van der Waals surface area contributed by atoms with E-state index < -0.39 is 140 Å². The number of aliphatic hydroxyl groups is 12. The van der Waals surface area contributed by atoms with Gasteiger partial charge in [0.2, 0.25) is 6.29 Å². The molecule has 19 heteroatoms. The maximum Gasteiger partial charge on any atom is 0.315 e. The van der Waals surface area contributed by atoms with E-state index in [0.29, 0.717) is 32.1 Å². The molecule has 0 unspecified atom stereocenters. The zero-order valence-corrected chi connectivity index (χ0v) is 39.0. The number of aliphatic hydroxyl groups excluding tert-OH is 11. The van der Waals surface area contributed by atoms with Gasteiger partial charge in [-0.2, -0.15) is 0 Å². The maximum atomic E-state index is 14.9. The van der Waals surface area contributed by atoms with Crippen LogP contribution in [0.1, 0.15) is 106 Å². The number of hydrogen-bond donors (Lipinski definition) is 12. The number of ether oxygens (including phenoxy) is 6. The molecule has 19 nitrogen and oxygen atoms in total. The summed E-state index contributed by atoms with van der Waals surface area (Å²) in [5.74, 6) is -0.737. The van der Waals surface area contributed by atoms with Gasteiger partial charge in [0.05, 0.1) is 43.0 Å². The third kappa shape index (κ3) is 7.86. The molecule has 3 saturated heterocycles. The molecule has 8 rings (SSSR count). The van der Waals surface area contributed by atoms with Crippen LogP contribution in [0.5, 0.6) is 0 Å². The number of carbonyl (C=O) groups is 1. The molecule has 12 N–H and O–H groups in total. The number of allylic oxidation sites excluding steroid dienone is 2. The van der Waals surface area contributed by atoms with Gasteiger partial charge in [-0.15, -0.1) is 0 Å². The van der Waals surface area contributed by atoms with Gasteiger partial charge in [0.1, 0.15) is 67.1 Å². The van der Waals surface area contributed by atoms with Gasteiger partial charge in [-0.25, -0.2) is 0 Å². The fraction of sp³-hybridized carbons (Fsp3) is 0.936. The Hall–Kier alpha value is -1.47. The van der Waals surface area contributed by atoms with Crippen LogP contribution < -0.4 is 0 Å². The van der Waals surface area contributed by atoms with Crippen molar-refractivity contribution in [1.82, 2.24) is 0 Å². The monoisotopic (exact) mass is 944 g/mol. The first kappa shape index (κ1) is 50.9. The van der Waals surface area contributed by atoms with E-state index in [1.807, 2.05) is 6.92 Å². The molecule has 0 aromatic rings. The van der Waals surface area contributed by atoms with Crippen LogP contribution in [0.25, 0.3) is 0 Å². The van der Waals surface area contributed by atoms with E-state index in [2.05, 4.69) is 26.8 Å². The molecule has 5 aliphatic carbocycles. The average molecular weight is 945 g/mol. The lowest BCUT2D eigenvalue weighted by Gasteiger charge is -2.71. The third-order valence-corrected chi connectivity index (χ3v) is 19.1. The van der Waals surface area contributed by atoms with Gasteiger partial charge in [0.25, 0.3) is 0 Å². The van der Waals surface area contributed by atoms with Gasteiger partial charge in [-0.05, 0) is 112 Å². The standard InChI is InChI=1S/C47H76O19/c1-21-29(51)31(53)34(56)39(62-21)65-37-24(18-48)63-38(36(58)33(37)55)61-19-25-30(52)32(54)35(57)40(64-25)66-41(59)47-15-13-42(2,60)17-23(47)22-7-8-27-43(3)11-10-28(50)44(4,20-49)26(43)9-12-46(27,6)45(22,5)14-16-47/h7,21,23-40,48-58,60H,8-20H2,1-6H3/t21-,23-,24+,25+,26+,27+,28+,29-,30+,31+,32-,33+,34+,35+,36+,37+,38+,39-,40-,42+,43-,44-,45+,46+,47-/m0/s1. The van der Waals surface area contributed by atoms with Crippen LogP contribution >= 0.6 is 0 Å². The number of hydrogen-bond acceptors (Lipinski definition) is 19. The van der Waals surface area contributed by atoms with Crippen molar-refractivity contribution in [2.24, 2.45) is 44.8 Å². The van der Waals surface area contributed by atoms with E-state index >= 15 is 0 Å². The summed E-state index contributed by atoms with van der Waals surface area (Å²) in [6, 6.07) is 0. The van der Waals surface area contributed by atoms with E-state index in [-0.39, 0.29) is 41.1 Å². The van der Waals surface area contributed by atoms with Gasteiger partial charge in [-0.3, -0.25) is 4.79 Å². The molecule has 3 heterocycles. The van der Waals surface area contributed by atoms with Gasteiger partial charge in [-0.1, -0.05) is 39.3 Å². The molecule has 8 aliphatic rings. The second-order valence-corrected chi connectivity index (χ2v) is 22.7. The number of carbonyl (C=O) groups excluding carboxylic acids is 1. The topological polar surface area (TPSA) is 315 Å². The molecule has 0 amide bonds. The maximum absolute atomic E-state index is 14.9. The van der Waals surface area contributed by atoms with Crippen LogP contribution in [0.4, 0.5) is 0 Å². The summed E-state index contributed by atoms with van der Waals surface area (Å²) >= 11 is 0. The first-order valence-electron chi connectivity index (χ1n) is 24.1. The highest BCUT2D eigenvalue weighted by Gasteiger charge is 2.70. The van der Waals surface area contributed by atoms with Crippen molar-refractivity contribution in [3.8, 4) is 0 Å². The van der Waals surface area contributed by atoms with Crippen LogP contribution in [-0.2, 0) is 33.2 Å². The largest absolute Gasteiger partial charge is 0.432 e. The smallest absolute Gasteiger partial charge is 0.315 e. The Bertz CT molecular complexity index is 1800. The Kier molecular flexibility index (Phi) is 13.9. The quantitative estimate of drug-likeness (QED) is 0.0961. The van der Waals surface area contributed by atoms with Gasteiger partial charge >= 0.3 is 5.97 Å². The van der Waals surface area contributed by atoms with Crippen LogP contribution in [-0.4, -0.2) is 191 Å². The second-order valence-electron chi connectivity index (χ2n) is 22.7. The van der Waals surface area contributed by atoms with Crippen LogP contribution in [0.2, 0.25) is 0 Å². The van der Waals surface area contributed by atoms with E-state index in [1.54, 1.807) is 6.92 Å². The fourth-order valence-electron chi connectivity index (χ4n) is 14.7. The van der Waals surface area contributed by atoms with Crippen molar-refractivity contribution in [3.63, 3.8) is 0 Å². The zero-order valence-electron chi connectivity index (χ0n) is 39.0. The molecule has 25 atom stereocenters. The third-order valence-electron chi connectivity index (χ3n) is 19.1. The number of fused-ring (bicyclic) bond motifs is 7. The Balaban J connectivity index is 0.976. The summed E-state index contributed by atoms with van der Waals surface area (Å²) in [6.07, 6.45) is -17.0.